The minimum absolute atomic E-state index is 0. The molecule has 0 amide bonds. The molecule has 0 heterocycles. The molecule has 0 radical (unpaired) electrons. The van der Waals surface area contributed by atoms with Crippen LogP contribution in [0.15, 0.2) is 46.2 Å². The van der Waals surface area contributed by atoms with Crippen LogP contribution in [-0.2, 0) is 20.2 Å². The van der Waals surface area contributed by atoms with Gasteiger partial charge < -0.3 is 9.11 Å². The molecule has 0 aliphatic heterocycles. The van der Waals surface area contributed by atoms with Crippen LogP contribution in [0.2, 0.25) is 0 Å². The van der Waals surface area contributed by atoms with Gasteiger partial charge in [0.2, 0.25) is 0 Å². The Morgan fingerprint density at radius 2 is 1.15 bits per heavy atom. The third-order valence-corrected chi connectivity index (χ3v) is 5.46. The summed E-state index contributed by atoms with van der Waals surface area (Å²) in [6, 6.07) is 6.86. The zero-order chi connectivity index (χ0) is 17.9. The van der Waals surface area contributed by atoms with Crippen LogP contribution in [0.3, 0.4) is 0 Å². The van der Waals surface area contributed by atoms with Crippen LogP contribution < -0.4 is 103 Å². The molecule has 0 atom stereocenters. The standard InChI is InChI=1S/C14H8O8S2.2K/c15-12-7-3-1-2-4-8(7)13(16)11-9(12)5-6-10(23(17,18)19)14(11)24(20,21)22;;/h1-6H,(H,17,18,19)(H,20,21,22);;/q;2*+1/p-2. The van der Waals surface area contributed by atoms with Gasteiger partial charge in [-0.15, -0.1) is 0 Å². The Kier molecular flexibility index (Phi) is 8.34. The van der Waals surface area contributed by atoms with Crippen molar-refractivity contribution >= 4 is 31.8 Å². The number of hydrogen-bond donors (Lipinski definition) is 0. The number of fused-ring (bicyclic) bond motifs is 2. The van der Waals surface area contributed by atoms with E-state index in [1.54, 1.807) is 0 Å². The Morgan fingerprint density at radius 3 is 1.62 bits per heavy atom. The van der Waals surface area contributed by atoms with Crippen molar-refractivity contribution in [2.75, 3.05) is 0 Å². The van der Waals surface area contributed by atoms with E-state index >= 15 is 0 Å². The van der Waals surface area contributed by atoms with Crippen molar-refractivity contribution in [1.29, 1.82) is 0 Å². The number of carbonyl (C=O) groups excluding carboxylic acids is 2. The van der Waals surface area contributed by atoms with Gasteiger partial charge in [-0.2, -0.15) is 0 Å². The van der Waals surface area contributed by atoms with Crippen molar-refractivity contribution < 1.29 is 138 Å². The molecule has 0 saturated carbocycles. The molecular weight excluding hydrogens is 438 g/mol. The van der Waals surface area contributed by atoms with Gasteiger partial charge in [0.1, 0.15) is 20.2 Å². The molecule has 0 aromatic heterocycles. The van der Waals surface area contributed by atoms with Crippen LogP contribution in [0.25, 0.3) is 0 Å². The van der Waals surface area contributed by atoms with Crippen LogP contribution in [0, 0.1) is 0 Å². The summed E-state index contributed by atoms with van der Waals surface area (Å²) in [6.45, 7) is 0. The fourth-order valence-electron chi connectivity index (χ4n) is 2.58. The molecule has 0 fully saturated rings. The second-order valence-electron chi connectivity index (χ2n) is 4.93. The third-order valence-electron chi connectivity index (χ3n) is 3.53. The molecule has 0 unspecified atom stereocenters. The minimum Gasteiger partial charge on any atom is -0.744 e. The van der Waals surface area contributed by atoms with Crippen molar-refractivity contribution in [2.45, 2.75) is 9.79 Å². The van der Waals surface area contributed by atoms with Crippen LogP contribution in [0.5, 0.6) is 0 Å². The average molecular weight is 445 g/mol. The van der Waals surface area contributed by atoms with Gasteiger partial charge in [-0.3, -0.25) is 9.59 Å². The summed E-state index contributed by atoms with van der Waals surface area (Å²) in [7, 11) is -10.9. The summed E-state index contributed by atoms with van der Waals surface area (Å²) >= 11 is 0. The molecule has 1 aliphatic rings. The molecule has 8 nitrogen and oxygen atoms in total. The van der Waals surface area contributed by atoms with Gasteiger partial charge in [-0.1, -0.05) is 24.3 Å². The average Bonchev–Trinajstić information content (AvgIpc) is 2.49. The first-order valence-electron chi connectivity index (χ1n) is 6.30. The maximum Gasteiger partial charge on any atom is 1.00 e. The summed E-state index contributed by atoms with van der Waals surface area (Å²) in [4.78, 5) is 22.1. The molecule has 0 saturated heterocycles. The smallest absolute Gasteiger partial charge is 0.744 e. The first-order valence-corrected chi connectivity index (χ1v) is 9.12. The molecule has 3 rings (SSSR count). The van der Waals surface area contributed by atoms with Crippen molar-refractivity contribution in [1.82, 2.24) is 0 Å². The number of rotatable bonds is 2. The molecule has 0 spiro atoms. The first-order chi connectivity index (χ1) is 11.0. The number of carbonyl (C=O) groups is 2. The van der Waals surface area contributed by atoms with E-state index in [0.717, 1.165) is 6.07 Å². The largest absolute Gasteiger partial charge is 1.00 e. The first kappa shape index (κ1) is 24.9. The normalized spacial score (nSPS) is 13.2. The van der Waals surface area contributed by atoms with E-state index in [0.29, 0.717) is 6.07 Å². The zero-order valence-electron chi connectivity index (χ0n) is 13.5. The molecule has 2 aromatic rings. The monoisotopic (exact) mass is 444 g/mol. The molecule has 12 heteroatoms. The summed E-state index contributed by atoms with van der Waals surface area (Å²) in [5.41, 5.74) is -1.52. The Hall–Kier alpha value is 0.873. The second-order valence-corrected chi connectivity index (χ2v) is 7.59. The summed E-state index contributed by atoms with van der Waals surface area (Å²) in [6.07, 6.45) is 0. The van der Waals surface area contributed by atoms with E-state index in [4.69, 9.17) is 0 Å². The number of ketones is 2. The zero-order valence-corrected chi connectivity index (χ0v) is 21.4. The summed E-state index contributed by atoms with van der Waals surface area (Å²) in [5, 5.41) is 0. The molecule has 2 aromatic carbocycles. The minimum atomic E-state index is -5.52. The van der Waals surface area contributed by atoms with Gasteiger partial charge in [-0.05, 0) is 12.1 Å². The number of benzene rings is 2. The van der Waals surface area contributed by atoms with E-state index in [2.05, 4.69) is 0 Å². The molecular formula is C14H6K2O8S2. The van der Waals surface area contributed by atoms with Crippen molar-refractivity contribution in [3.8, 4) is 0 Å². The molecule has 0 N–H and O–H groups in total. The van der Waals surface area contributed by atoms with Crippen molar-refractivity contribution in [2.24, 2.45) is 0 Å². The quantitative estimate of drug-likeness (QED) is 0.280. The predicted octanol–water partition coefficient (Wildman–Crippen LogP) is -5.72. The van der Waals surface area contributed by atoms with E-state index in [9.17, 15) is 35.5 Å². The maximum atomic E-state index is 12.5. The van der Waals surface area contributed by atoms with Gasteiger partial charge in [0.05, 0.1) is 15.4 Å². The summed E-state index contributed by atoms with van der Waals surface area (Å²) < 4.78 is 68.3. The van der Waals surface area contributed by atoms with Gasteiger partial charge in [0.25, 0.3) is 0 Å². The molecule has 0 bridgehead atoms. The Labute approximate surface area is 234 Å². The van der Waals surface area contributed by atoms with Crippen molar-refractivity contribution in [3.05, 3.63) is 58.7 Å². The van der Waals surface area contributed by atoms with E-state index in [1.165, 1.54) is 24.3 Å². The Morgan fingerprint density at radius 1 is 0.654 bits per heavy atom. The fourth-order valence-corrected chi connectivity index (χ4v) is 4.53. The molecule has 26 heavy (non-hydrogen) atoms. The van der Waals surface area contributed by atoms with Crippen LogP contribution in [0.1, 0.15) is 31.8 Å². The topological polar surface area (TPSA) is 149 Å². The van der Waals surface area contributed by atoms with Crippen LogP contribution in [0.4, 0.5) is 0 Å². The Bertz CT molecular complexity index is 1140. The van der Waals surface area contributed by atoms with Crippen LogP contribution in [-0.4, -0.2) is 37.5 Å². The third kappa shape index (κ3) is 4.38. The molecule has 1 aliphatic carbocycles. The maximum absolute atomic E-state index is 12.5. The fraction of sp³-hybridized carbons (Fsp3) is 0. The van der Waals surface area contributed by atoms with Crippen molar-refractivity contribution in [3.63, 3.8) is 0 Å². The summed E-state index contributed by atoms with van der Waals surface area (Å²) in [5.74, 6) is -1.76. The van der Waals surface area contributed by atoms with Crippen LogP contribution >= 0.6 is 0 Å². The number of hydrogen-bond acceptors (Lipinski definition) is 8. The SMILES string of the molecule is O=C1c2ccccc2C(=O)c2c1ccc(S(=O)(=O)[O-])c2S(=O)(=O)[O-].[K+].[K+]. The van der Waals surface area contributed by atoms with Gasteiger partial charge >= 0.3 is 103 Å². The van der Waals surface area contributed by atoms with Gasteiger partial charge in [0.15, 0.2) is 11.6 Å². The van der Waals surface area contributed by atoms with E-state index in [1.807, 2.05) is 0 Å². The predicted molar refractivity (Wildman–Crippen MR) is 75.7 cm³/mol. The second kappa shape index (κ2) is 8.71. The molecule has 124 valence electrons. The Balaban J connectivity index is 0.00000169. The van der Waals surface area contributed by atoms with E-state index < -0.39 is 52.7 Å². The van der Waals surface area contributed by atoms with E-state index in [-0.39, 0.29) is 114 Å². The van der Waals surface area contributed by atoms with Gasteiger partial charge in [-0.25, -0.2) is 16.8 Å². The van der Waals surface area contributed by atoms with Gasteiger partial charge in [0, 0.05) is 16.7 Å².